The average Bonchev–Trinajstić information content (AvgIpc) is 2.31. The predicted molar refractivity (Wildman–Crippen MR) is 68.1 cm³/mol. The second-order valence-electron chi connectivity index (χ2n) is 4.96. The minimum atomic E-state index is 0.633. The van der Waals surface area contributed by atoms with Crippen LogP contribution in [0.1, 0.15) is 17.0 Å². The fraction of sp³-hybridized carbons (Fsp3) is 0.571. The quantitative estimate of drug-likeness (QED) is 0.847. The lowest BCUT2D eigenvalue weighted by molar-refractivity contribution is 0.00780. The van der Waals surface area contributed by atoms with Crippen LogP contribution in [0.15, 0.2) is 24.3 Å². The minimum Gasteiger partial charge on any atom is -0.380 e. The lowest BCUT2D eigenvalue weighted by Crippen LogP contribution is -2.43. The highest BCUT2D eigenvalue weighted by Crippen LogP contribution is 2.27. The number of rotatable bonds is 3. The molecule has 0 atom stereocenters. The Morgan fingerprint density at radius 3 is 2.65 bits per heavy atom. The van der Waals surface area contributed by atoms with E-state index in [9.17, 15) is 0 Å². The Morgan fingerprint density at radius 1 is 1.18 bits per heavy atom. The third-order valence-corrected chi connectivity index (χ3v) is 3.74. The highest BCUT2D eigenvalue weighted by atomic mass is 16.5. The molecule has 0 amide bonds. The number of ether oxygens (including phenoxy) is 1. The molecule has 3 heteroatoms. The van der Waals surface area contributed by atoms with Crippen molar-refractivity contribution in [1.29, 1.82) is 0 Å². The lowest BCUT2D eigenvalue weighted by atomic mass is 9.92. The van der Waals surface area contributed by atoms with E-state index in [2.05, 4.69) is 34.5 Å². The van der Waals surface area contributed by atoms with Crippen molar-refractivity contribution in [3.8, 4) is 0 Å². The van der Waals surface area contributed by atoms with E-state index < -0.39 is 0 Å². The van der Waals surface area contributed by atoms with Gasteiger partial charge in [-0.15, -0.1) is 0 Å². The average molecular weight is 232 g/mol. The molecule has 0 aliphatic carbocycles. The summed E-state index contributed by atoms with van der Waals surface area (Å²) < 4.78 is 5.31. The molecule has 1 aromatic rings. The van der Waals surface area contributed by atoms with Crippen LogP contribution in [0.4, 0.5) is 0 Å². The Balaban J connectivity index is 1.72. The number of hydrogen-bond donors (Lipinski definition) is 1. The molecular formula is C14H20N2O. The second kappa shape index (κ2) is 5.17. The van der Waals surface area contributed by atoms with Crippen molar-refractivity contribution < 1.29 is 4.74 Å². The third-order valence-electron chi connectivity index (χ3n) is 3.74. The maximum atomic E-state index is 5.31. The van der Waals surface area contributed by atoms with Gasteiger partial charge in [0.15, 0.2) is 0 Å². The zero-order chi connectivity index (χ0) is 11.5. The van der Waals surface area contributed by atoms with Crippen LogP contribution in [0.3, 0.4) is 0 Å². The van der Waals surface area contributed by atoms with Crippen LogP contribution in [0.2, 0.25) is 0 Å². The molecule has 17 heavy (non-hydrogen) atoms. The summed E-state index contributed by atoms with van der Waals surface area (Å²) in [6.45, 7) is 7.46. The fourth-order valence-electron chi connectivity index (χ4n) is 2.60. The van der Waals surface area contributed by atoms with Crippen molar-refractivity contribution in [3.63, 3.8) is 0 Å². The summed E-state index contributed by atoms with van der Waals surface area (Å²) in [5, 5.41) is 3.40. The molecule has 0 radical (unpaired) electrons. The van der Waals surface area contributed by atoms with Gasteiger partial charge >= 0.3 is 0 Å². The van der Waals surface area contributed by atoms with Gasteiger partial charge in [0, 0.05) is 38.6 Å². The number of hydrogen-bond acceptors (Lipinski definition) is 3. The van der Waals surface area contributed by atoms with Crippen LogP contribution in [-0.4, -0.2) is 44.3 Å². The first-order valence-electron chi connectivity index (χ1n) is 6.52. The number of nitrogens with zero attached hydrogens (tertiary/aromatic N) is 1. The molecule has 0 bridgehead atoms. The summed E-state index contributed by atoms with van der Waals surface area (Å²) in [7, 11) is 0. The van der Waals surface area contributed by atoms with E-state index in [4.69, 9.17) is 4.74 Å². The maximum absolute atomic E-state index is 5.31. The lowest BCUT2D eigenvalue weighted by Gasteiger charge is -2.31. The summed E-state index contributed by atoms with van der Waals surface area (Å²) in [6, 6.07) is 8.84. The topological polar surface area (TPSA) is 24.5 Å². The van der Waals surface area contributed by atoms with Crippen molar-refractivity contribution in [1.82, 2.24) is 10.2 Å². The zero-order valence-electron chi connectivity index (χ0n) is 10.2. The first kappa shape index (κ1) is 11.2. The van der Waals surface area contributed by atoms with Gasteiger partial charge in [-0.3, -0.25) is 4.90 Å². The van der Waals surface area contributed by atoms with Gasteiger partial charge in [0.25, 0.3) is 0 Å². The van der Waals surface area contributed by atoms with Crippen molar-refractivity contribution in [2.45, 2.75) is 12.5 Å². The fourth-order valence-corrected chi connectivity index (χ4v) is 2.60. The van der Waals surface area contributed by atoms with Gasteiger partial charge in [-0.05, 0) is 11.1 Å². The normalized spacial score (nSPS) is 22.4. The van der Waals surface area contributed by atoms with E-state index >= 15 is 0 Å². The van der Waals surface area contributed by atoms with Crippen molar-refractivity contribution in [2.24, 2.45) is 0 Å². The van der Waals surface area contributed by atoms with Crippen LogP contribution in [-0.2, 0) is 11.3 Å². The number of piperazine rings is 1. The van der Waals surface area contributed by atoms with Crippen LogP contribution in [0.5, 0.6) is 0 Å². The standard InChI is InChI=1S/C14H20N2O/c1-2-4-14(13-10-17-11-13)12(3-1)9-16-7-5-15-6-8-16/h1-4,13,15H,5-11H2. The van der Waals surface area contributed by atoms with Crippen molar-refractivity contribution >= 4 is 0 Å². The zero-order valence-corrected chi connectivity index (χ0v) is 10.2. The van der Waals surface area contributed by atoms with Crippen molar-refractivity contribution in [3.05, 3.63) is 35.4 Å². The molecule has 2 saturated heterocycles. The molecule has 2 aliphatic rings. The summed E-state index contributed by atoms with van der Waals surface area (Å²) in [6.07, 6.45) is 0. The molecule has 0 saturated carbocycles. The highest BCUT2D eigenvalue weighted by Gasteiger charge is 2.23. The van der Waals surface area contributed by atoms with Gasteiger partial charge < -0.3 is 10.1 Å². The van der Waals surface area contributed by atoms with Gasteiger partial charge in [-0.25, -0.2) is 0 Å². The van der Waals surface area contributed by atoms with Crippen LogP contribution in [0.25, 0.3) is 0 Å². The molecule has 2 heterocycles. The van der Waals surface area contributed by atoms with Crippen LogP contribution < -0.4 is 5.32 Å². The Morgan fingerprint density at radius 2 is 1.94 bits per heavy atom. The summed E-state index contributed by atoms with van der Waals surface area (Å²) in [5.41, 5.74) is 2.99. The molecule has 92 valence electrons. The minimum absolute atomic E-state index is 0.633. The number of nitrogens with one attached hydrogen (secondary N) is 1. The molecule has 1 aromatic carbocycles. The Kier molecular flexibility index (Phi) is 3.41. The first-order chi connectivity index (χ1) is 8.43. The largest absolute Gasteiger partial charge is 0.380 e. The van der Waals surface area contributed by atoms with E-state index in [0.29, 0.717) is 5.92 Å². The molecule has 0 spiro atoms. The molecule has 0 aromatic heterocycles. The van der Waals surface area contributed by atoms with E-state index in [1.807, 2.05) is 0 Å². The van der Waals surface area contributed by atoms with E-state index in [-0.39, 0.29) is 0 Å². The Labute approximate surface area is 103 Å². The molecule has 2 aliphatic heterocycles. The summed E-state index contributed by atoms with van der Waals surface area (Å²) in [4.78, 5) is 2.54. The summed E-state index contributed by atoms with van der Waals surface area (Å²) in [5.74, 6) is 0.633. The molecular weight excluding hydrogens is 212 g/mol. The number of benzene rings is 1. The molecule has 3 nitrogen and oxygen atoms in total. The first-order valence-corrected chi connectivity index (χ1v) is 6.52. The Bertz CT molecular complexity index is 370. The molecule has 2 fully saturated rings. The predicted octanol–water partition coefficient (Wildman–Crippen LogP) is 1.21. The van der Waals surface area contributed by atoms with Crippen LogP contribution >= 0.6 is 0 Å². The maximum Gasteiger partial charge on any atom is 0.0557 e. The monoisotopic (exact) mass is 232 g/mol. The third kappa shape index (κ3) is 2.51. The van der Waals surface area contributed by atoms with Gasteiger partial charge in [-0.2, -0.15) is 0 Å². The molecule has 1 N–H and O–H groups in total. The SMILES string of the molecule is c1ccc(C2COC2)c(CN2CCNCC2)c1. The Hall–Kier alpha value is -0.900. The molecule has 0 unspecified atom stereocenters. The summed E-state index contributed by atoms with van der Waals surface area (Å²) >= 11 is 0. The van der Waals surface area contributed by atoms with E-state index in [1.54, 1.807) is 0 Å². The smallest absolute Gasteiger partial charge is 0.0557 e. The van der Waals surface area contributed by atoms with Gasteiger partial charge in [0.05, 0.1) is 13.2 Å². The van der Waals surface area contributed by atoms with Crippen LogP contribution in [0, 0.1) is 0 Å². The van der Waals surface area contributed by atoms with E-state index in [0.717, 1.165) is 45.9 Å². The van der Waals surface area contributed by atoms with Gasteiger partial charge in [-0.1, -0.05) is 24.3 Å². The van der Waals surface area contributed by atoms with Gasteiger partial charge in [0.1, 0.15) is 0 Å². The van der Waals surface area contributed by atoms with Gasteiger partial charge in [0.2, 0.25) is 0 Å². The second-order valence-corrected chi connectivity index (χ2v) is 4.96. The van der Waals surface area contributed by atoms with E-state index in [1.165, 1.54) is 11.1 Å². The molecule has 3 rings (SSSR count). The van der Waals surface area contributed by atoms with Crippen molar-refractivity contribution in [2.75, 3.05) is 39.4 Å². The highest BCUT2D eigenvalue weighted by molar-refractivity contribution is 5.31.